The van der Waals surface area contributed by atoms with Crippen molar-refractivity contribution in [3.63, 3.8) is 0 Å². The molecule has 3 heterocycles. The van der Waals surface area contributed by atoms with E-state index in [0.29, 0.717) is 23.9 Å². The van der Waals surface area contributed by atoms with Gasteiger partial charge in [-0.05, 0) is 62.2 Å². The minimum Gasteiger partial charge on any atom is -0.312 e. The second-order valence-corrected chi connectivity index (χ2v) is 7.05. The van der Waals surface area contributed by atoms with Gasteiger partial charge in [-0.15, -0.1) is 22.6 Å². The molecule has 7 nitrogen and oxygen atoms in total. The third kappa shape index (κ3) is 4.28. The van der Waals surface area contributed by atoms with Gasteiger partial charge in [-0.1, -0.05) is 6.07 Å². The quantitative estimate of drug-likeness (QED) is 0.681. The van der Waals surface area contributed by atoms with E-state index in [0.717, 1.165) is 24.1 Å². The molecular weight excluding hydrogens is 395 g/mol. The van der Waals surface area contributed by atoms with E-state index in [-0.39, 0.29) is 24.0 Å². The highest BCUT2D eigenvalue weighted by molar-refractivity contribution is 6.04. The molecule has 0 bridgehead atoms. The van der Waals surface area contributed by atoms with Crippen LogP contribution in [0.3, 0.4) is 0 Å². The monoisotopic (exact) mass is 416 g/mol. The van der Waals surface area contributed by atoms with Crippen molar-refractivity contribution < 1.29 is 9.18 Å². The lowest BCUT2D eigenvalue weighted by Gasteiger charge is -2.18. The molecule has 0 atom stereocenters. The van der Waals surface area contributed by atoms with Gasteiger partial charge >= 0.3 is 0 Å². The fourth-order valence-electron chi connectivity index (χ4n) is 3.29. The maximum Gasteiger partial charge on any atom is 0.259 e. The first-order valence-electron chi connectivity index (χ1n) is 9.23. The van der Waals surface area contributed by atoms with Crippen LogP contribution in [-0.4, -0.2) is 32.2 Å². The van der Waals surface area contributed by atoms with E-state index in [2.05, 4.69) is 25.8 Å². The van der Waals surface area contributed by atoms with Gasteiger partial charge in [0.25, 0.3) is 5.91 Å². The van der Waals surface area contributed by atoms with E-state index in [1.807, 2.05) is 18.4 Å². The number of aromatic nitrogens is 4. The van der Waals surface area contributed by atoms with Crippen LogP contribution in [0.15, 0.2) is 36.7 Å². The molecule has 3 aromatic rings. The lowest BCUT2D eigenvalue weighted by molar-refractivity contribution is 0.102. The van der Waals surface area contributed by atoms with E-state index in [9.17, 15) is 9.18 Å². The molecule has 2 aromatic heterocycles. The molecule has 1 aliphatic rings. The highest BCUT2D eigenvalue weighted by Gasteiger charge is 2.19. The third-order valence-electron chi connectivity index (χ3n) is 4.77. The minimum absolute atomic E-state index is 0. The van der Waals surface area contributed by atoms with Gasteiger partial charge in [0.05, 0.1) is 5.56 Å². The number of anilines is 1. The summed E-state index contributed by atoms with van der Waals surface area (Å²) in [6.45, 7) is 5.49. The van der Waals surface area contributed by atoms with Gasteiger partial charge in [0.2, 0.25) is 0 Å². The van der Waals surface area contributed by atoms with Crippen LogP contribution in [0.25, 0.3) is 11.5 Å². The molecular formula is C20H22ClFN6O. The largest absolute Gasteiger partial charge is 0.312 e. The number of carbonyl (C=O) groups is 1. The highest BCUT2D eigenvalue weighted by atomic mass is 35.5. The SMILES string of the molecule is CC(C)n1cnnc1-c1cccc(NC(=O)c2cc3c(cc2F)CCNC3)n1.Cl. The second-order valence-electron chi connectivity index (χ2n) is 7.05. The van der Waals surface area contributed by atoms with Gasteiger partial charge in [0, 0.05) is 12.6 Å². The number of nitrogens with zero attached hydrogens (tertiary/aromatic N) is 4. The average Bonchev–Trinajstić information content (AvgIpc) is 3.18. The molecule has 2 N–H and O–H groups in total. The van der Waals surface area contributed by atoms with E-state index in [1.165, 1.54) is 6.07 Å². The number of fused-ring (bicyclic) bond motifs is 1. The molecule has 1 aromatic carbocycles. The van der Waals surface area contributed by atoms with Crippen molar-refractivity contribution in [2.75, 3.05) is 11.9 Å². The zero-order chi connectivity index (χ0) is 19.7. The predicted molar refractivity (Wildman–Crippen MR) is 111 cm³/mol. The Labute approximate surface area is 174 Å². The lowest BCUT2D eigenvalue weighted by Crippen LogP contribution is -2.25. The standard InChI is InChI=1S/C20H21FN6O.ClH/c1-12(2)27-11-23-26-19(27)17-4-3-5-18(24-17)25-20(28)15-8-14-10-22-7-6-13(14)9-16(15)21;/h3-5,8-9,11-12,22H,6-7,10H2,1-2H3,(H,24,25,28);1H. The number of pyridine rings is 1. The fraction of sp³-hybridized carbons (Fsp3) is 0.300. The van der Waals surface area contributed by atoms with Crippen LogP contribution in [0.5, 0.6) is 0 Å². The van der Waals surface area contributed by atoms with E-state index < -0.39 is 11.7 Å². The summed E-state index contributed by atoms with van der Waals surface area (Å²) in [7, 11) is 0. The number of rotatable bonds is 4. The molecule has 29 heavy (non-hydrogen) atoms. The Bertz CT molecular complexity index is 1040. The number of hydrogen-bond donors (Lipinski definition) is 2. The van der Waals surface area contributed by atoms with Gasteiger partial charge in [-0.25, -0.2) is 9.37 Å². The van der Waals surface area contributed by atoms with Crippen LogP contribution in [0, 0.1) is 5.82 Å². The third-order valence-corrected chi connectivity index (χ3v) is 4.77. The zero-order valence-electron chi connectivity index (χ0n) is 16.1. The van der Waals surface area contributed by atoms with Crippen LogP contribution in [0.4, 0.5) is 10.2 Å². The molecule has 152 valence electrons. The Balaban J connectivity index is 0.00000240. The molecule has 0 saturated carbocycles. The van der Waals surface area contributed by atoms with Crippen molar-refractivity contribution in [3.05, 3.63) is 59.2 Å². The maximum atomic E-state index is 14.5. The molecule has 0 fully saturated rings. The van der Waals surface area contributed by atoms with Crippen LogP contribution in [-0.2, 0) is 13.0 Å². The van der Waals surface area contributed by atoms with Crippen molar-refractivity contribution in [3.8, 4) is 11.5 Å². The maximum absolute atomic E-state index is 14.5. The van der Waals surface area contributed by atoms with Crippen LogP contribution in [0.1, 0.15) is 41.4 Å². The van der Waals surface area contributed by atoms with Crippen molar-refractivity contribution in [2.45, 2.75) is 32.9 Å². The summed E-state index contributed by atoms with van der Waals surface area (Å²) in [4.78, 5) is 17.1. The first-order chi connectivity index (χ1) is 13.5. The van der Waals surface area contributed by atoms with Gasteiger partial charge in [-0.3, -0.25) is 4.79 Å². The van der Waals surface area contributed by atoms with Gasteiger partial charge in [-0.2, -0.15) is 0 Å². The number of nitrogens with one attached hydrogen (secondary N) is 2. The number of benzene rings is 1. The van der Waals surface area contributed by atoms with E-state index in [4.69, 9.17) is 0 Å². The fourth-order valence-corrected chi connectivity index (χ4v) is 3.29. The zero-order valence-corrected chi connectivity index (χ0v) is 17.0. The molecule has 0 saturated heterocycles. The normalized spacial score (nSPS) is 13.0. The smallest absolute Gasteiger partial charge is 0.259 e. The van der Waals surface area contributed by atoms with Gasteiger partial charge in [0.15, 0.2) is 5.82 Å². The number of halogens is 2. The molecule has 0 spiro atoms. The van der Waals surface area contributed by atoms with Crippen LogP contribution in [0.2, 0.25) is 0 Å². The summed E-state index contributed by atoms with van der Waals surface area (Å²) in [5.74, 6) is -0.108. The summed E-state index contributed by atoms with van der Waals surface area (Å²) in [6, 6.07) is 8.47. The molecule has 9 heteroatoms. The average molecular weight is 417 g/mol. The molecule has 4 rings (SSSR count). The molecule has 0 aliphatic carbocycles. The van der Waals surface area contributed by atoms with Crippen LogP contribution >= 0.6 is 12.4 Å². The molecule has 0 radical (unpaired) electrons. The van der Waals surface area contributed by atoms with Crippen molar-refractivity contribution in [1.29, 1.82) is 0 Å². The van der Waals surface area contributed by atoms with Crippen molar-refractivity contribution in [1.82, 2.24) is 25.1 Å². The minimum atomic E-state index is -0.527. The molecule has 0 unspecified atom stereocenters. The van der Waals surface area contributed by atoms with Crippen molar-refractivity contribution >= 4 is 24.1 Å². The first kappa shape index (κ1) is 20.9. The number of carbonyl (C=O) groups excluding carboxylic acids is 1. The molecule has 1 amide bonds. The highest BCUT2D eigenvalue weighted by Crippen LogP contribution is 2.22. The Hall–Kier alpha value is -2.84. The van der Waals surface area contributed by atoms with E-state index in [1.54, 1.807) is 30.6 Å². The summed E-state index contributed by atoms with van der Waals surface area (Å²) in [5, 5.41) is 14.0. The predicted octanol–water partition coefficient (Wildman–Crippen LogP) is 3.38. The number of amides is 1. The Morgan fingerprint density at radius 3 is 2.90 bits per heavy atom. The van der Waals surface area contributed by atoms with Gasteiger partial charge in [0.1, 0.15) is 23.7 Å². The van der Waals surface area contributed by atoms with E-state index >= 15 is 0 Å². The molecule has 1 aliphatic heterocycles. The summed E-state index contributed by atoms with van der Waals surface area (Å²) in [6.07, 6.45) is 2.40. The Kier molecular flexibility index (Phi) is 6.24. The van der Waals surface area contributed by atoms with Gasteiger partial charge < -0.3 is 15.2 Å². The first-order valence-corrected chi connectivity index (χ1v) is 9.23. The summed E-state index contributed by atoms with van der Waals surface area (Å²) < 4.78 is 16.3. The Morgan fingerprint density at radius 1 is 1.28 bits per heavy atom. The van der Waals surface area contributed by atoms with Crippen LogP contribution < -0.4 is 10.6 Å². The lowest BCUT2D eigenvalue weighted by atomic mass is 9.98. The topological polar surface area (TPSA) is 84.7 Å². The Morgan fingerprint density at radius 2 is 2.10 bits per heavy atom. The second kappa shape index (κ2) is 8.67. The van der Waals surface area contributed by atoms with Crippen molar-refractivity contribution in [2.24, 2.45) is 0 Å². The number of hydrogen-bond acceptors (Lipinski definition) is 5. The summed E-state index contributed by atoms with van der Waals surface area (Å²) in [5.41, 5.74) is 2.49. The summed E-state index contributed by atoms with van der Waals surface area (Å²) >= 11 is 0.